The van der Waals surface area contributed by atoms with E-state index in [-0.39, 0.29) is 11.6 Å². The molecular formula is C28H24N6O2. The van der Waals surface area contributed by atoms with Crippen molar-refractivity contribution in [1.29, 1.82) is 0 Å². The van der Waals surface area contributed by atoms with E-state index < -0.39 is 0 Å². The van der Waals surface area contributed by atoms with Crippen molar-refractivity contribution < 1.29 is 4.52 Å². The number of nitrogen functional groups attached to an aromatic ring is 1. The number of para-hydroxylation sites is 1. The lowest BCUT2D eigenvalue weighted by atomic mass is 10.0. The summed E-state index contributed by atoms with van der Waals surface area (Å²) in [6, 6.07) is 18.6. The van der Waals surface area contributed by atoms with Crippen LogP contribution in [0.2, 0.25) is 0 Å². The van der Waals surface area contributed by atoms with Crippen molar-refractivity contribution in [2.75, 3.05) is 11.1 Å². The Labute approximate surface area is 207 Å². The lowest BCUT2D eigenvalue weighted by Crippen LogP contribution is -2.26. The van der Waals surface area contributed by atoms with Crippen molar-refractivity contribution in [2.24, 2.45) is 0 Å². The van der Waals surface area contributed by atoms with Gasteiger partial charge in [-0.3, -0.25) is 9.36 Å². The molecule has 5 aromatic rings. The van der Waals surface area contributed by atoms with E-state index >= 15 is 0 Å². The summed E-state index contributed by atoms with van der Waals surface area (Å²) in [5.74, 6) is 7.23. The minimum absolute atomic E-state index is 0.143. The van der Waals surface area contributed by atoms with Crippen molar-refractivity contribution in [2.45, 2.75) is 26.8 Å². The van der Waals surface area contributed by atoms with Crippen molar-refractivity contribution in [3.63, 3.8) is 0 Å². The number of nitrogens with one attached hydrogen (secondary N) is 1. The van der Waals surface area contributed by atoms with Crippen molar-refractivity contribution >= 4 is 22.3 Å². The lowest BCUT2D eigenvalue weighted by Gasteiger charge is -2.22. The molecule has 1 atom stereocenters. The molecule has 3 heterocycles. The topological polar surface area (TPSA) is 112 Å². The molecule has 8 nitrogen and oxygen atoms in total. The fourth-order valence-corrected chi connectivity index (χ4v) is 4.28. The Kier molecular flexibility index (Phi) is 5.97. The molecule has 0 aliphatic heterocycles. The van der Waals surface area contributed by atoms with Crippen LogP contribution in [0.5, 0.6) is 0 Å². The largest absolute Gasteiger partial charge is 0.398 e. The number of nitrogens with zero attached hydrogens (tertiary/aromatic N) is 4. The standard InChI is InChI=1S/C28H24N6O2/c1-4-9-19-10-8-11-20-16-23(34(28(35)24(19)20)21-12-6-5-7-13-21)17(2)31-26-25(22(29)14-15-30-26)27-32-18(3)36-33-27/h5-8,10-17H,1-3H3,(H3,29,30,31)/t17-/m0/s1. The maximum atomic E-state index is 13.9. The van der Waals surface area contributed by atoms with E-state index in [1.807, 2.05) is 61.5 Å². The van der Waals surface area contributed by atoms with Gasteiger partial charge in [0.05, 0.1) is 17.0 Å². The summed E-state index contributed by atoms with van der Waals surface area (Å²) in [6.07, 6.45) is 1.61. The minimum Gasteiger partial charge on any atom is -0.398 e. The molecule has 0 saturated carbocycles. The smallest absolute Gasteiger partial charge is 0.264 e. The first kappa shape index (κ1) is 22.9. The van der Waals surface area contributed by atoms with E-state index in [4.69, 9.17) is 10.3 Å². The maximum absolute atomic E-state index is 13.9. The lowest BCUT2D eigenvalue weighted by molar-refractivity contribution is 0.394. The van der Waals surface area contributed by atoms with Gasteiger partial charge >= 0.3 is 0 Å². The molecule has 0 unspecified atom stereocenters. The molecule has 8 heteroatoms. The maximum Gasteiger partial charge on any atom is 0.264 e. The highest BCUT2D eigenvalue weighted by molar-refractivity contribution is 5.88. The number of nitrogens with two attached hydrogens (primary N) is 1. The average molecular weight is 477 g/mol. The van der Waals surface area contributed by atoms with Gasteiger partial charge in [0.15, 0.2) is 0 Å². The van der Waals surface area contributed by atoms with E-state index in [0.717, 1.165) is 16.8 Å². The number of benzene rings is 2. The van der Waals surface area contributed by atoms with Gasteiger partial charge in [0.1, 0.15) is 5.82 Å². The molecule has 0 fully saturated rings. The zero-order valence-corrected chi connectivity index (χ0v) is 20.1. The monoisotopic (exact) mass is 476 g/mol. The predicted octanol–water partition coefficient (Wildman–Crippen LogP) is 4.87. The van der Waals surface area contributed by atoms with Gasteiger partial charge in [-0.1, -0.05) is 41.4 Å². The van der Waals surface area contributed by atoms with Gasteiger partial charge in [0.2, 0.25) is 11.7 Å². The van der Waals surface area contributed by atoms with E-state index in [9.17, 15) is 4.79 Å². The summed E-state index contributed by atoms with van der Waals surface area (Å²) in [4.78, 5) is 22.8. The third kappa shape index (κ3) is 4.07. The summed E-state index contributed by atoms with van der Waals surface area (Å²) >= 11 is 0. The molecule has 0 bridgehead atoms. The van der Waals surface area contributed by atoms with E-state index in [1.165, 1.54) is 0 Å². The molecule has 0 radical (unpaired) electrons. The van der Waals surface area contributed by atoms with Crippen LogP contribution in [0.1, 0.15) is 37.0 Å². The third-order valence-corrected chi connectivity index (χ3v) is 5.88. The molecule has 178 valence electrons. The third-order valence-electron chi connectivity index (χ3n) is 5.88. The minimum atomic E-state index is -0.343. The number of hydrogen-bond acceptors (Lipinski definition) is 7. The number of aromatic nitrogens is 4. The normalized spacial score (nSPS) is 11.6. The van der Waals surface area contributed by atoms with Gasteiger partial charge in [-0.2, -0.15) is 4.98 Å². The van der Waals surface area contributed by atoms with Gasteiger partial charge in [0, 0.05) is 35.8 Å². The van der Waals surface area contributed by atoms with Crippen molar-refractivity contribution in [1.82, 2.24) is 19.7 Å². The summed E-state index contributed by atoms with van der Waals surface area (Å²) in [5, 5.41) is 8.83. The number of anilines is 2. The van der Waals surface area contributed by atoms with Crippen molar-refractivity contribution in [3.05, 3.63) is 94.4 Å². The Morgan fingerprint density at radius 2 is 1.92 bits per heavy atom. The van der Waals surface area contributed by atoms with Gasteiger partial charge < -0.3 is 15.6 Å². The molecule has 5 rings (SSSR count). The molecule has 3 aromatic heterocycles. The Bertz CT molecular complexity index is 1690. The first-order valence-corrected chi connectivity index (χ1v) is 11.5. The Hall–Kier alpha value is -4.90. The number of fused-ring (bicyclic) bond motifs is 1. The fraction of sp³-hybridized carbons (Fsp3) is 0.143. The van der Waals surface area contributed by atoms with Crippen LogP contribution in [0.15, 0.2) is 76.2 Å². The molecule has 0 saturated heterocycles. The average Bonchev–Trinajstić information content (AvgIpc) is 3.30. The molecule has 3 N–H and O–H groups in total. The summed E-state index contributed by atoms with van der Waals surface area (Å²) in [6.45, 7) is 5.44. The highest BCUT2D eigenvalue weighted by Gasteiger charge is 2.21. The molecule has 2 aromatic carbocycles. The molecule has 0 aliphatic carbocycles. The molecule has 0 amide bonds. The van der Waals surface area contributed by atoms with Crippen LogP contribution in [-0.4, -0.2) is 19.7 Å². The number of rotatable bonds is 5. The van der Waals surface area contributed by atoms with Crippen LogP contribution in [0.4, 0.5) is 11.5 Å². The first-order valence-electron chi connectivity index (χ1n) is 11.5. The zero-order valence-electron chi connectivity index (χ0n) is 20.1. The molecule has 0 aliphatic rings. The number of aryl methyl sites for hydroxylation is 1. The summed E-state index contributed by atoms with van der Waals surface area (Å²) in [7, 11) is 0. The first-order chi connectivity index (χ1) is 17.5. The Morgan fingerprint density at radius 3 is 2.64 bits per heavy atom. The highest BCUT2D eigenvalue weighted by Crippen LogP contribution is 2.33. The van der Waals surface area contributed by atoms with Crippen LogP contribution < -0.4 is 16.6 Å². The van der Waals surface area contributed by atoms with Gasteiger partial charge in [-0.25, -0.2) is 4.98 Å². The second kappa shape index (κ2) is 9.39. The second-order valence-electron chi connectivity index (χ2n) is 8.32. The number of pyridine rings is 2. The molecule has 36 heavy (non-hydrogen) atoms. The molecule has 0 spiro atoms. The van der Waals surface area contributed by atoms with Gasteiger partial charge in [0.25, 0.3) is 5.56 Å². The predicted molar refractivity (Wildman–Crippen MR) is 141 cm³/mol. The van der Waals surface area contributed by atoms with Crippen LogP contribution in [0.25, 0.3) is 27.8 Å². The van der Waals surface area contributed by atoms with Crippen LogP contribution in [0.3, 0.4) is 0 Å². The molecular weight excluding hydrogens is 452 g/mol. The SMILES string of the molecule is CC#Cc1cccc2cc([C@H](C)Nc3nccc(N)c3-c3noc(C)n3)n(-c3ccccc3)c(=O)c12. The number of hydrogen-bond donors (Lipinski definition) is 2. The summed E-state index contributed by atoms with van der Waals surface area (Å²) in [5.41, 5.74) is 9.33. The fourth-order valence-electron chi connectivity index (χ4n) is 4.28. The Balaban J connectivity index is 1.70. The van der Waals surface area contributed by atoms with Gasteiger partial charge in [-0.05, 0) is 49.6 Å². The van der Waals surface area contributed by atoms with Gasteiger partial charge in [-0.15, -0.1) is 5.92 Å². The van der Waals surface area contributed by atoms with E-state index in [1.54, 1.807) is 30.7 Å². The van der Waals surface area contributed by atoms with E-state index in [2.05, 4.69) is 32.3 Å². The zero-order chi connectivity index (χ0) is 25.2. The van der Waals surface area contributed by atoms with Crippen LogP contribution >= 0.6 is 0 Å². The van der Waals surface area contributed by atoms with Crippen LogP contribution in [-0.2, 0) is 0 Å². The second-order valence-corrected chi connectivity index (χ2v) is 8.32. The summed E-state index contributed by atoms with van der Waals surface area (Å²) < 4.78 is 6.88. The quantitative estimate of drug-likeness (QED) is 0.348. The Morgan fingerprint density at radius 1 is 1.11 bits per heavy atom. The van der Waals surface area contributed by atoms with Crippen molar-refractivity contribution in [3.8, 4) is 28.9 Å². The highest BCUT2D eigenvalue weighted by atomic mass is 16.5. The van der Waals surface area contributed by atoms with Crippen LogP contribution in [0, 0.1) is 18.8 Å². The van der Waals surface area contributed by atoms with E-state index in [0.29, 0.717) is 39.7 Å².